The Hall–Kier alpha value is -2.12. The number of carbonyl (C=O) groups excluding carboxylic acids is 1. The molecule has 0 aromatic carbocycles. The topological polar surface area (TPSA) is 82.8 Å². The molecule has 0 bridgehead atoms. The summed E-state index contributed by atoms with van der Waals surface area (Å²) in [6.07, 6.45) is 2.35. The molecule has 2 N–H and O–H groups in total. The molecule has 3 rings (SSSR count). The van der Waals surface area contributed by atoms with Gasteiger partial charge in [-0.1, -0.05) is 6.07 Å². The van der Waals surface area contributed by atoms with Crippen molar-refractivity contribution in [2.45, 2.75) is 25.8 Å². The molecule has 1 aliphatic rings. The van der Waals surface area contributed by atoms with E-state index in [-0.39, 0.29) is 23.5 Å². The Bertz CT molecular complexity index is 717. The monoisotopic (exact) mass is 348 g/mol. The van der Waals surface area contributed by atoms with Crippen molar-refractivity contribution in [1.29, 1.82) is 0 Å². The first-order chi connectivity index (χ1) is 11.6. The summed E-state index contributed by atoms with van der Waals surface area (Å²) < 4.78 is 5.16. The number of furan rings is 1. The van der Waals surface area contributed by atoms with E-state index in [2.05, 4.69) is 16.3 Å². The average molecular weight is 348 g/mol. The van der Waals surface area contributed by atoms with E-state index in [4.69, 9.17) is 9.52 Å². The van der Waals surface area contributed by atoms with Crippen molar-refractivity contribution in [3.8, 4) is 0 Å². The number of carboxylic acids is 1. The first kappa shape index (κ1) is 16.7. The fourth-order valence-electron chi connectivity index (χ4n) is 3.03. The minimum Gasteiger partial charge on any atom is -0.475 e. The number of amides is 1. The molecule has 2 aromatic rings. The van der Waals surface area contributed by atoms with Crippen LogP contribution in [0.25, 0.3) is 0 Å². The normalized spacial score (nSPS) is 16.2. The second-order valence-electron chi connectivity index (χ2n) is 5.91. The first-order valence-electron chi connectivity index (χ1n) is 7.95. The summed E-state index contributed by atoms with van der Waals surface area (Å²) in [6, 6.07) is 5.71. The third kappa shape index (κ3) is 3.52. The van der Waals surface area contributed by atoms with E-state index in [1.807, 2.05) is 11.4 Å². The zero-order valence-electron chi connectivity index (χ0n) is 13.4. The second-order valence-corrected chi connectivity index (χ2v) is 6.89. The van der Waals surface area contributed by atoms with E-state index in [9.17, 15) is 9.59 Å². The van der Waals surface area contributed by atoms with Gasteiger partial charge in [0, 0.05) is 17.0 Å². The summed E-state index contributed by atoms with van der Waals surface area (Å²) in [5, 5.41) is 13.9. The van der Waals surface area contributed by atoms with Crippen molar-refractivity contribution < 1.29 is 19.1 Å². The third-order valence-corrected chi connectivity index (χ3v) is 5.22. The molecule has 0 aliphatic carbocycles. The van der Waals surface area contributed by atoms with Crippen LogP contribution in [0, 0.1) is 6.92 Å². The van der Waals surface area contributed by atoms with Crippen LogP contribution in [-0.2, 0) is 0 Å². The van der Waals surface area contributed by atoms with Gasteiger partial charge in [-0.3, -0.25) is 9.69 Å². The standard InChI is InChI=1S/C17H20N2O4S/c1-11-9-13(23-15(11)17(21)22)16(20)18-10-12(14-5-4-8-24-14)19-6-2-3-7-19/h4-5,8-9,12H,2-3,6-7,10H2,1H3,(H,18,20)(H,21,22). The predicted octanol–water partition coefficient (Wildman–Crippen LogP) is 2.91. The molecule has 0 saturated carbocycles. The van der Waals surface area contributed by atoms with Gasteiger partial charge in [-0.15, -0.1) is 11.3 Å². The van der Waals surface area contributed by atoms with Gasteiger partial charge in [-0.25, -0.2) is 4.79 Å². The van der Waals surface area contributed by atoms with Gasteiger partial charge in [-0.05, 0) is 50.4 Å². The van der Waals surface area contributed by atoms with Crippen molar-refractivity contribution in [1.82, 2.24) is 10.2 Å². The molecule has 1 unspecified atom stereocenters. The van der Waals surface area contributed by atoms with Gasteiger partial charge >= 0.3 is 5.97 Å². The molecule has 2 aromatic heterocycles. The van der Waals surface area contributed by atoms with Crippen molar-refractivity contribution >= 4 is 23.2 Å². The van der Waals surface area contributed by atoms with E-state index < -0.39 is 5.97 Å². The van der Waals surface area contributed by atoms with Gasteiger partial charge in [0.1, 0.15) is 0 Å². The maximum absolute atomic E-state index is 12.3. The van der Waals surface area contributed by atoms with E-state index in [0.29, 0.717) is 12.1 Å². The summed E-state index contributed by atoms with van der Waals surface area (Å²) in [5.41, 5.74) is 0.446. The highest BCUT2D eigenvalue weighted by atomic mass is 32.1. The molecule has 1 aliphatic heterocycles. The summed E-state index contributed by atoms with van der Waals surface area (Å²) in [4.78, 5) is 26.9. The highest BCUT2D eigenvalue weighted by molar-refractivity contribution is 7.10. The molecule has 1 saturated heterocycles. The lowest BCUT2D eigenvalue weighted by atomic mass is 10.2. The predicted molar refractivity (Wildman–Crippen MR) is 90.6 cm³/mol. The van der Waals surface area contributed by atoms with Gasteiger partial charge in [-0.2, -0.15) is 0 Å². The Morgan fingerprint density at radius 2 is 2.17 bits per heavy atom. The average Bonchev–Trinajstić information content (AvgIpc) is 3.28. The second kappa shape index (κ2) is 7.19. The zero-order chi connectivity index (χ0) is 17.1. The molecule has 0 radical (unpaired) electrons. The minimum atomic E-state index is -1.17. The molecule has 1 atom stereocenters. The SMILES string of the molecule is Cc1cc(C(=O)NCC(c2cccs2)N2CCCC2)oc1C(=O)O. The third-order valence-electron chi connectivity index (χ3n) is 4.24. The van der Waals surface area contributed by atoms with E-state index in [0.717, 1.165) is 13.1 Å². The molecule has 7 heteroatoms. The van der Waals surface area contributed by atoms with Crippen LogP contribution in [-0.4, -0.2) is 41.5 Å². The van der Waals surface area contributed by atoms with Gasteiger partial charge in [0.2, 0.25) is 5.76 Å². The number of nitrogens with one attached hydrogen (secondary N) is 1. The van der Waals surface area contributed by atoms with Crippen LogP contribution < -0.4 is 5.32 Å². The first-order valence-corrected chi connectivity index (χ1v) is 8.83. The van der Waals surface area contributed by atoms with E-state index >= 15 is 0 Å². The Morgan fingerprint density at radius 1 is 1.42 bits per heavy atom. The maximum atomic E-state index is 12.3. The van der Waals surface area contributed by atoms with Crippen molar-refractivity contribution in [2.24, 2.45) is 0 Å². The van der Waals surface area contributed by atoms with Crippen LogP contribution in [0.3, 0.4) is 0 Å². The number of hydrogen-bond acceptors (Lipinski definition) is 5. The van der Waals surface area contributed by atoms with E-state index in [1.165, 1.54) is 23.8 Å². The van der Waals surface area contributed by atoms with Gasteiger partial charge in [0.25, 0.3) is 5.91 Å². The van der Waals surface area contributed by atoms with Crippen molar-refractivity contribution in [2.75, 3.05) is 19.6 Å². The fourth-order valence-corrected chi connectivity index (χ4v) is 3.89. The molecule has 6 nitrogen and oxygen atoms in total. The number of carboxylic acid groups (broad SMARTS) is 1. The molecule has 128 valence electrons. The molecule has 0 spiro atoms. The Balaban J connectivity index is 1.69. The van der Waals surface area contributed by atoms with Crippen molar-refractivity contribution in [3.63, 3.8) is 0 Å². The quantitative estimate of drug-likeness (QED) is 0.839. The lowest BCUT2D eigenvalue weighted by molar-refractivity contribution is 0.0658. The van der Waals surface area contributed by atoms with Crippen LogP contribution in [0.4, 0.5) is 0 Å². The highest BCUT2D eigenvalue weighted by Crippen LogP contribution is 2.28. The van der Waals surface area contributed by atoms with Gasteiger partial charge < -0.3 is 14.8 Å². The Morgan fingerprint density at radius 3 is 2.75 bits per heavy atom. The van der Waals surface area contributed by atoms with Gasteiger partial charge in [0.15, 0.2) is 5.76 Å². The molecular weight excluding hydrogens is 328 g/mol. The maximum Gasteiger partial charge on any atom is 0.372 e. The van der Waals surface area contributed by atoms with E-state index in [1.54, 1.807) is 18.3 Å². The Kier molecular flexibility index (Phi) is 5.01. The fraction of sp³-hybridized carbons (Fsp3) is 0.412. The molecular formula is C17H20N2O4S. The number of likely N-dealkylation sites (tertiary alicyclic amines) is 1. The van der Waals surface area contributed by atoms with Gasteiger partial charge in [0.05, 0.1) is 6.04 Å². The molecule has 24 heavy (non-hydrogen) atoms. The smallest absolute Gasteiger partial charge is 0.372 e. The van der Waals surface area contributed by atoms with Crippen LogP contribution in [0.2, 0.25) is 0 Å². The summed E-state index contributed by atoms with van der Waals surface area (Å²) in [7, 11) is 0. The zero-order valence-corrected chi connectivity index (χ0v) is 14.3. The summed E-state index contributed by atoms with van der Waals surface area (Å²) in [6.45, 7) is 4.15. The molecule has 3 heterocycles. The Labute approximate surface area is 144 Å². The number of aromatic carboxylic acids is 1. The van der Waals surface area contributed by atoms with Crippen LogP contribution >= 0.6 is 11.3 Å². The number of nitrogens with zero attached hydrogens (tertiary/aromatic N) is 1. The minimum absolute atomic E-state index is 0.0382. The van der Waals surface area contributed by atoms with Crippen LogP contribution in [0.5, 0.6) is 0 Å². The van der Waals surface area contributed by atoms with Crippen LogP contribution in [0.15, 0.2) is 28.0 Å². The van der Waals surface area contributed by atoms with Crippen molar-refractivity contribution in [3.05, 3.63) is 45.5 Å². The summed E-state index contributed by atoms with van der Waals surface area (Å²) in [5.74, 6) is -1.70. The highest BCUT2D eigenvalue weighted by Gasteiger charge is 2.26. The number of thiophene rings is 1. The number of carbonyl (C=O) groups is 2. The lowest BCUT2D eigenvalue weighted by Crippen LogP contribution is -2.36. The number of hydrogen-bond donors (Lipinski definition) is 2. The molecule has 1 fully saturated rings. The summed E-state index contributed by atoms with van der Waals surface area (Å²) >= 11 is 1.68. The largest absolute Gasteiger partial charge is 0.475 e. The van der Waals surface area contributed by atoms with Crippen LogP contribution in [0.1, 0.15) is 50.4 Å². The lowest BCUT2D eigenvalue weighted by Gasteiger charge is -2.26. The number of aryl methyl sites for hydroxylation is 1. The number of rotatable bonds is 6. The molecule has 1 amide bonds.